The molecule has 0 aromatic heterocycles. The Morgan fingerprint density at radius 2 is 1.07 bits per heavy atom. The zero-order valence-corrected chi connectivity index (χ0v) is 43.8. The van der Waals surface area contributed by atoms with E-state index in [2.05, 4.69) is 126 Å². The molecule has 0 saturated heterocycles. The summed E-state index contributed by atoms with van der Waals surface area (Å²) in [5.41, 5.74) is 19.0. The quantitative estimate of drug-likeness (QED) is 0.0305. The minimum absolute atomic E-state index is 0. The first-order valence-corrected chi connectivity index (χ1v) is 23.9. The number of aldehydes is 1. The number of fused-ring (bicyclic) bond motifs is 2. The normalized spacial score (nSPS) is 16.7. The van der Waals surface area contributed by atoms with Crippen LogP contribution >= 0.6 is 0 Å². The van der Waals surface area contributed by atoms with Crippen LogP contribution in [-0.4, -0.2) is 70.9 Å². The Morgan fingerprint density at radius 1 is 0.640 bits per heavy atom. The molecule has 6 aromatic carbocycles. The molecule has 2 amide bonds. The van der Waals surface area contributed by atoms with Crippen LogP contribution in [0, 0.1) is 6.92 Å². The molecule has 2 aliphatic heterocycles. The Bertz CT molecular complexity index is 3010. The molecule has 6 aromatic rings. The molecule has 2 unspecified atom stereocenters. The second-order valence-corrected chi connectivity index (χ2v) is 17.6. The molecule has 2 atom stereocenters. The lowest BCUT2D eigenvalue weighted by atomic mass is 9.76. The summed E-state index contributed by atoms with van der Waals surface area (Å²) in [6.45, 7) is 12.4. The first-order valence-electron chi connectivity index (χ1n) is 23.9. The van der Waals surface area contributed by atoms with E-state index >= 15 is 0 Å². The maximum absolute atomic E-state index is 12.4. The van der Waals surface area contributed by atoms with Gasteiger partial charge >= 0.3 is 12.1 Å². The molecule has 75 heavy (non-hydrogen) atoms. The lowest BCUT2D eigenvalue weighted by molar-refractivity contribution is -0.191. The molecule has 8 rings (SSSR count). The van der Waals surface area contributed by atoms with Gasteiger partial charge in [0.2, 0.25) is 5.91 Å². The smallest absolute Gasteiger partial charge is 0.373 e. The van der Waals surface area contributed by atoms with Gasteiger partial charge in [0, 0.05) is 64.0 Å². The Morgan fingerprint density at radius 3 is 1.47 bits per heavy atom. The van der Waals surface area contributed by atoms with Crippen molar-refractivity contribution >= 4 is 47.8 Å². The molecule has 390 valence electrons. The highest BCUT2D eigenvalue weighted by molar-refractivity contribution is 5.95. The van der Waals surface area contributed by atoms with Crippen molar-refractivity contribution in [3.63, 3.8) is 0 Å². The van der Waals surface area contributed by atoms with Crippen LogP contribution in [0.1, 0.15) is 86.6 Å². The molecule has 0 spiro atoms. The minimum atomic E-state index is -0.517. The van der Waals surface area contributed by atoms with Gasteiger partial charge < -0.3 is 35.9 Å². The molecule has 15 nitrogen and oxygen atoms in total. The number of likely N-dealkylation sites (N-methyl/N-ethyl adjacent to an activating group) is 2. The average Bonchev–Trinajstić information content (AvgIpc) is 3.79. The molecule has 0 aliphatic carbocycles. The minimum Gasteiger partial charge on any atom is -0.497 e. The van der Waals surface area contributed by atoms with E-state index in [0.717, 1.165) is 66.4 Å². The fraction of sp³-hybridized carbons (Fsp3) is 0.233. The van der Waals surface area contributed by atoms with Gasteiger partial charge in [0.25, 0.3) is 5.91 Å². The molecular formula is C60H66N6O9. The van der Waals surface area contributed by atoms with E-state index in [-0.39, 0.29) is 29.0 Å². The van der Waals surface area contributed by atoms with Crippen molar-refractivity contribution in [2.75, 3.05) is 44.2 Å². The number of amides is 2. The average molecular weight is 1020 g/mol. The highest BCUT2D eigenvalue weighted by Crippen LogP contribution is 2.52. The van der Waals surface area contributed by atoms with Gasteiger partial charge in [-0.1, -0.05) is 78.4 Å². The van der Waals surface area contributed by atoms with Crippen LogP contribution in [0.25, 0.3) is 0 Å². The number of benzene rings is 6. The van der Waals surface area contributed by atoms with Crippen molar-refractivity contribution in [3.05, 3.63) is 214 Å². The Kier molecular flexibility index (Phi) is 21.7. The number of hydrazone groups is 1. The lowest BCUT2D eigenvalue weighted by Gasteiger charge is -2.30. The predicted molar refractivity (Wildman–Crippen MR) is 293 cm³/mol. The van der Waals surface area contributed by atoms with Gasteiger partial charge in [-0.2, -0.15) is 14.7 Å². The number of ether oxygens (including phenoxy) is 3. The second kappa shape index (κ2) is 27.8. The number of anilines is 2. The van der Waals surface area contributed by atoms with Gasteiger partial charge in [-0.25, -0.2) is 10.2 Å². The summed E-state index contributed by atoms with van der Waals surface area (Å²) in [5.74, 6) is 0.506. The molecular weight excluding hydrogens is 949 g/mol. The predicted octanol–water partition coefficient (Wildman–Crippen LogP) is 9.91. The number of primary amides is 1. The Hall–Kier alpha value is -8.91. The topological polar surface area (TPSA) is 222 Å². The van der Waals surface area contributed by atoms with Gasteiger partial charge in [-0.3, -0.25) is 14.4 Å². The van der Waals surface area contributed by atoms with E-state index in [9.17, 15) is 19.2 Å². The van der Waals surface area contributed by atoms with Crippen LogP contribution in [0.5, 0.6) is 11.5 Å². The first-order chi connectivity index (χ1) is 35.7. The van der Waals surface area contributed by atoms with Crippen LogP contribution < -0.4 is 36.6 Å². The van der Waals surface area contributed by atoms with Gasteiger partial charge in [0.1, 0.15) is 17.8 Å². The SMILES string of the molecule is CCN1/C(=C\C=N\NC(=O)c2ccc(C)cc2)C(C)(Cc2ccccc2)c2cc(OC)ccc21.CCN1/C(=C\C=O)C(C)(Cc2ccccc2)c2cc(OC)ccc21.COC(=O)c1ccc(C(N)=O)cc1.N.O=C=O. The van der Waals surface area contributed by atoms with Crippen molar-refractivity contribution in [1.82, 2.24) is 11.6 Å². The third-order valence-corrected chi connectivity index (χ3v) is 12.9. The Balaban J connectivity index is 0.000000257. The summed E-state index contributed by atoms with van der Waals surface area (Å²) in [6, 6.07) is 46.7. The van der Waals surface area contributed by atoms with Gasteiger partial charge in [-0.15, -0.1) is 0 Å². The number of rotatable bonds is 14. The summed E-state index contributed by atoms with van der Waals surface area (Å²) < 4.78 is 15.5. The van der Waals surface area contributed by atoms with E-state index in [0.29, 0.717) is 16.7 Å². The number of nitrogens with one attached hydrogen (secondary N) is 1. The number of esters is 1. The summed E-state index contributed by atoms with van der Waals surface area (Å²) in [4.78, 5) is 66.1. The van der Waals surface area contributed by atoms with Crippen LogP contribution in [0.4, 0.5) is 11.4 Å². The lowest BCUT2D eigenvalue weighted by Crippen LogP contribution is -2.30. The zero-order valence-electron chi connectivity index (χ0n) is 43.8. The van der Waals surface area contributed by atoms with E-state index in [1.165, 1.54) is 59.3 Å². The number of hydrogen-bond acceptors (Lipinski definition) is 13. The molecule has 15 heteroatoms. The highest BCUT2D eigenvalue weighted by Gasteiger charge is 2.44. The molecule has 0 fully saturated rings. The molecule has 6 N–H and O–H groups in total. The second-order valence-electron chi connectivity index (χ2n) is 17.6. The van der Waals surface area contributed by atoms with Gasteiger partial charge in [0.15, 0.2) is 0 Å². The van der Waals surface area contributed by atoms with E-state index in [4.69, 9.17) is 24.8 Å². The number of aryl methyl sites for hydroxylation is 1. The van der Waals surface area contributed by atoms with Crippen LogP contribution in [-0.2, 0) is 42.8 Å². The van der Waals surface area contributed by atoms with E-state index in [1.54, 1.807) is 38.6 Å². The number of allylic oxidation sites excluding steroid dienone is 4. The number of carbonyl (C=O) groups excluding carboxylic acids is 6. The molecule has 2 aliphatic rings. The van der Waals surface area contributed by atoms with Crippen molar-refractivity contribution in [2.45, 2.75) is 58.3 Å². The number of hydrogen-bond donors (Lipinski definition) is 3. The first kappa shape index (κ1) is 58.7. The summed E-state index contributed by atoms with van der Waals surface area (Å²) in [6.07, 6.45) is 8.21. The van der Waals surface area contributed by atoms with Gasteiger partial charge in [0.05, 0.1) is 26.9 Å². The number of nitrogens with two attached hydrogens (primary N) is 1. The standard InChI is InChI=1S/C29H31N3O2.C21H23NO2.C9H9NO3.CO2.H3N/c1-5-32-26-16-15-24(34-4)19-25(26)29(3,20-22-9-7-6-8-10-22)27(32)17-18-30-31-28(33)23-13-11-21(2)12-14-23;1-4-22-19-11-10-17(24-3)14-18(19)21(2,20(22)12-13-23)15-16-8-6-5-7-9-16;1-13-9(12)7-4-2-6(3-5-7)8(10)11;2-1-3;/h6-19H,5,20H2,1-4H3,(H,31,33);5-14H,4,15H2,1-3H3;2-5H,1H3,(H2,10,11);;1H3/b27-17-,30-18+;20-12-;;;. The number of methoxy groups -OCH3 is 3. The molecule has 2 heterocycles. The maximum Gasteiger partial charge on any atom is 0.373 e. The Labute approximate surface area is 439 Å². The fourth-order valence-corrected chi connectivity index (χ4v) is 9.31. The molecule has 0 bridgehead atoms. The number of nitrogens with zero attached hydrogens (tertiary/aromatic N) is 3. The summed E-state index contributed by atoms with van der Waals surface area (Å²) in [5, 5.41) is 4.22. The van der Waals surface area contributed by atoms with Gasteiger partial charge in [-0.05, 0) is 155 Å². The van der Waals surface area contributed by atoms with Crippen molar-refractivity contribution in [1.29, 1.82) is 0 Å². The van der Waals surface area contributed by atoms with Crippen LogP contribution in [0.2, 0.25) is 0 Å². The van der Waals surface area contributed by atoms with E-state index < -0.39 is 11.9 Å². The molecule has 0 saturated carbocycles. The fourth-order valence-electron chi connectivity index (χ4n) is 9.31. The third kappa shape index (κ3) is 14.2. The maximum atomic E-state index is 12.4. The van der Waals surface area contributed by atoms with Crippen LogP contribution in [0.15, 0.2) is 174 Å². The summed E-state index contributed by atoms with van der Waals surface area (Å²) >= 11 is 0. The third-order valence-electron chi connectivity index (χ3n) is 12.9. The highest BCUT2D eigenvalue weighted by atomic mass is 16.5. The molecule has 0 radical (unpaired) electrons. The zero-order chi connectivity index (χ0) is 53.8. The number of carbonyl (C=O) groups is 4. The monoisotopic (exact) mass is 1010 g/mol. The van der Waals surface area contributed by atoms with Crippen molar-refractivity contribution in [3.8, 4) is 11.5 Å². The van der Waals surface area contributed by atoms with Crippen molar-refractivity contribution in [2.24, 2.45) is 10.8 Å². The van der Waals surface area contributed by atoms with E-state index in [1.807, 2.05) is 49.4 Å². The summed E-state index contributed by atoms with van der Waals surface area (Å²) in [7, 11) is 4.68. The van der Waals surface area contributed by atoms with Crippen molar-refractivity contribution < 1.29 is 43.0 Å². The van der Waals surface area contributed by atoms with Crippen LogP contribution in [0.3, 0.4) is 0 Å². The largest absolute Gasteiger partial charge is 0.497 e.